The first kappa shape index (κ1) is 16.4. The van der Waals surface area contributed by atoms with Crippen LogP contribution in [-0.4, -0.2) is 23.8 Å². The molecule has 3 aromatic rings. The summed E-state index contributed by atoms with van der Waals surface area (Å²) in [5, 5.41) is 3.56. The van der Waals surface area contributed by atoms with Crippen molar-refractivity contribution in [1.82, 2.24) is 4.98 Å². The fraction of sp³-hybridized carbons (Fsp3) is 0.0588. The average Bonchev–Trinajstić information content (AvgIpc) is 3.01. The highest BCUT2D eigenvalue weighted by Crippen LogP contribution is 2.30. The first-order valence-corrected chi connectivity index (χ1v) is 7.71. The Morgan fingerprint density at radius 2 is 1.96 bits per heavy atom. The Morgan fingerprint density at radius 1 is 1.17 bits per heavy atom. The highest BCUT2D eigenvalue weighted by Gasteiger charge is 2.21. The van der Waals surface area contributed by atoms with Crippen LogP contribution in [0.5, 0.6) is 5.75 Å². The van der Waals surface area contributed by atoms with E-state index in [0.717, 1.165) is 5.52 Å². The molecule has 0 saturated carbocycles. The maximum absolute atomic E-state index is 12.5. The number of ketones is 1. The third-order valence-electron chi connectivity index (χ3n) is 3.54. The quantitative estimate of drug-likeness (QED) is 0.536. The molecule has 0 spiro atoms. The van der Waals surface area contributed by atoms with Crippen molar-refractivity contribution in [1.29, 1.82) is 0 Å². The number of aromatic amines is 1. The summed E-state index contributed by atoms with van der Waals surface area (Å²) in [5.74, 6) is -0.900. The minimum absolute atomic E-state index is 0.181. The maximum Gasteiger partial charge on any atom is 0.296 e. The smallest absolute Gasteiger partial charge is 0.296 e. The van der Waals surface area contributed by atoms with Crippen molar-refractivity contribution in [2.24, 2.45) is 0 Å². The molecule has 2 N–H and O–H groups in total. The number of amides is 1. The van der Waals surface area contributed by atoms with Crippen LogP contribution in [-0.2, 0) is 4.79 Å². The molecule has 0 fully saturated rings. The molecule has 0 aliphatic rings. The van der Waals surface area contributed by atoms with E-state index in [1.807, 2.05) is 0 Å². The molecule has 0 bridgehead atoms. The van der Waals surface area contributed by atoms with Gasteiger partial charge in [0.2, 0.25) is 0 Å². The SMILES string of the molecule is COc1ccc2[nH]cc(C(=O)C(=O)Nc3cccc(Cl)c3Cl)c2c1. The average molecular weight is 363 g/mol. The number of anilines is 1. The molecule has 24 heavy (non-hydrogen) atoms. The number of benzene rings is 2. The van der Waals surface area contributed by atoms with Crippen molar-refractivity contribution in [3.05, 3.63) is 58.2 Å². The maximum atomic E-state index is 12.5. The van der Waals surface area contributed by atoms with Crippen molar-refractivity contribution < 1.29 is 14.3 Å². The topological polar surface area (TPSA) is 71.2 Å². The summed E-state index contributed by atoms with van der Waals surface area (Å²) in [6.45, 7) is 0. The Bertz CT molecular complexity index is 950. The van der Waals surface area contributed by atoms with E-state index in [1.54, 1.807) is 36.4 Å². The number of rotatable bonds is 4. The number of H-pyrrole nitrogens is 1. The van der Waals surface area contributed by atoms with Gasteiger partial charge in [0, 0.05) is 17.1 Å². The summed E-state index contributed by atoms with van der Waals surface area (Å²) >= 11 is 11.9. The fourth-order valence-corrected chi connectivity index (χ4v) is 2.66. The molecule has 1 heterocycles. The van der Waals surface area contributed by atoms with Gasteiger partial charge >= 0.3 is 0 Å². The van der Waals surface area contributed by atoms with Crippen molar-refractivity contribution in [3.63, 3.8) is 0 Å². The summed E-state index contributed by atoms with van der Waals surface area (Å²) in [4.78, 5) is 27.7. The zero-order chi connectivity index (χ0) is 17.3. The predicted octanol–water partition coefficient (Wildman–Crippen LogP) is 4.30. The first-order chi connectivity index (χ1) is 11.5. The number of hydrogen-bond acceptors (Lipinski definition) is 3. The number of carbonyl (C=O) groups is 2. The Balaban J connectivity index is 1.91. The largest absolute Gasteiger partial charge is 0.497 e. The van der Waals surface area contributed by atoms with Crippen LogP contribution in [0.1, 0.15) is 10.4 Å². The van der Waals surface area contributed by atoms with Crippen LogP contribution < -0.4 is 10.1 Å². The highest BCUT2D eigenvalue weighted by atomic mass is 35.5. The molecule has 0 radical (unpaired) electrons. The molecule has 0 aliphatic carbocycles. The number of hydrogen-bond donors (Lipinski definition) is 2. The normalized spacial score (nSPS) is 10.6. The summed E-state index contributed by atoms with van der Waals surface area (Å²) in [6.07, 6.45) is 1.49. The van der Waals surface area contributed by atoms with Gasteiger partial charge in [0.15, 0.2) is 0 Å². The Hall–Kier alpha value is -2.50. The Labute approximate surface area is 147 Å². The Morgan fingerprint density at radius 3 is 2.71 bits per heavy atom. The molecule has 1 aromatic heterocycles. The summed E-state index contributed by atoms with van der Waals surface area (Å²) < 4.78 is 5.15. The van der Waals surface area contributed by atoms with E-state index in [-0.39, 0.29) is 16.3 Å². The van der Waals surface area contributed by atoms with Crippen LogP contribution >= 0.6 is 23.2 Å². The summed E-state index contributed by atoms with van der Waals surface area (Å²) in [6, 6.07) is 10.0. The first-order valence-electron chi connectivity index (χ1n) is 6.96. The molecule has 0 saturated heterocycles. The van der Waals surface area contributed by atoms with E-state index in [2.05, 4.69) is 10.3 Å². The molecule has 7 heteroatoms. The van der Waals surface area contributed by atoms with Gasteiger partial charge in [-0.05, 0) is 30.3 Å². The third kappa shape index (κ3) is 2.96. The van der Waals surface area contributed by atoms with E-state index >= 15 is 0 Å². The monoisotopic (exact) mass is 362 g/mol. The number of nitrogens with one attached hydrogen (secondary N) is 2. The minimum atomic E-state index is -0.803. The third-order valence-corrected chi connectivity index (χ3v) is 4.36. The van der Waals surface area contributed by atoms with Gasteiger partial charge in [-0.3, -0.25) is 9.59 Å². The second-order valence-electron chi connectivity index (χ2n) is 5.00. The van der Waals surface area contributed by atoms with E-state index in [9.17, 15) is 9.59 Å². The number of fused-ring (bicyclic) bond motifs is 1. The molecule has 0 aliphatic heterocycles. The molecule has 2 aromatic carbocycles. The van der Waals surface area contributed by atoms with Gasteiger partial charge in [-0.25, -0.2) is 0 Å². The molecule has 0 unspecified atom stereocenters. The highest BCUT2D eigenvalue weighted by molar-refractivity contribution is 6.50. The van der Waals surface area contributed by atoms with E-state index in [0.29, 0.717) is 16.2 Å². The summed E-state index contributed by atoms with van der Waals surface area (Å²) in [7, 11) is 1.53. The zero-order valence-corrected chi connectivity index (χ0v) is 14.0. The van der Waals surface area contributed by atoms with Gasteiger partial charge in [0.25, 0.3) is 11.7 Å². The van der Waals surface area contributed by atoms with E-state index in [1.165, 1.54) is 13.3 Å². The van der Waals surface area contributed by atoms with Crippen molar-refractivity contribution in [2.45, 2.75) is 0 Å². The molecular formula is C17H12Cl2N2O3. The summed E-state index contributed by atoms with van der Waals surface area (Å²) in [5.41, 5.74) is 1.26. The lowest BCUT2D eigenvalue weighted by molar-refractivity contribution is -0.112. The molecular weight excluding hydrogens is 351 g/mol. The van der Waals surface area contributed by atoms with E-state index in [4.69, 9.17) is 27.9 Å². The number of ether oxygens (including phenoxy) is 1. The van der Waals surface area contributed by atoms with Crippen LogP contribution in [0.15, 0.2) is 42.6 Å². The second-order valence-corrected chi connectivity index (χ2v) is 5.78. The minimum Gasteiger partial charge on any atom is -0.497 e. The number of carbonyl (C=O) groups excluding carboxylic acids is 2. The lowest BCUT2D eigenvalue weighted by Gasteiger charge is -2.07. The van der Waals surface area contributed by atoms with Crippen LogP contribution in [0.3, 0.4) is 0 Å². The Kier molecular flexibility index (Phi) is 4.46. The van der Waals surface area contributed by atoms with Crippen LogP contribution in [0, 0.1) is 0 Å². The van der Waals surface area contributed by atoms with E-state index < -0.39 is 11.7 Å². The van der Waals surface area contributed by atoms with Gasteiger partial charge < -0.3 is 15.0 Å². The van der Waals surface area contributed by atoms with Gasteiger partial charge in [-0.15, -0.1) is 0 Å². The molecule has 0 atom stereocenters. The van der Waals surface area contributed by atoms with Crippen molar-refractivity contribution in [3.8, 4) is 5.75 Å². The number of aromatic nitrogens is 1. The number of Topliss-reactive ketones (excluding diaryl/α,β-unsaturated/α-hetero) is 1. The lowest BCUT2D eigenvalue weighted by Crippen LogP contribution is -2.22. The van der Waals surface area contributed by atoms with Crippen molar-refractivity contribution in [2.75, 3.05) is 12.4 Å². The van der Waals surface area contributed by atoms with Gasteiger partial charge in [0.1, 0.15) is 5.75 Å². The zero-order valence-electron chi connectivity index (χ0n) is 12.5. The second kappa shape index (κ2) is 6.55. The molecule has 1 amide bonds. The standard InChI is InChI=1S/C17H12Cl2N2O3/c1-24-9-5-6-13-10(7-9)11(8-20-13)16(22)17(23)21-14-4-2-3-12(18)15(14)19/h2-8,20H,1H3,(H,21,23). The van der Waals surface area contributed by atoms with Crippen LogP contribution in [0.2, 0.25) is 10.0 Å². The number of methoxy groups -OCH3 is 1. The lowest BCUT2D eigenvalue weighted by atomic mass is 10.1. The fourth-order valence-electron chi connectivity index (χ4n) is 2.32. The van der Waals surface area contributed by atoms with Crippen LogP contribution in [0.4, 0.5) is 5.69 Å². The van der Waals surface area contributed by atoms with Gasteiger partial charge in [-0.2, -0.15) is 0 Å². The predicted molar refractivity (Wildman–Crippen MR) is 94.3 cm³/mol. The van der Waals surface area contributed by atoms with Gasteiger partial charge in [-0.1, -0.05) is 29.3 Å². The van der Waals surface area contributed by atoms with Crippen LogP contribution in [0.25, 0.3) is 10.9 Å². The molecule has 122 valence electrons. The molecule has 5 nitrogen and oxygen atoms in total. The number of halogens is 2. The van der Waals surface area contributed by atoms with Crippen molar-refractivity contribution >= 4 is 51.5 Å². The van der Waals surface area contributed by atoms with Gasteiger partial charge in [0.05, 0.1) is 28.4 Å². The molecule has 3 rings (SSSR count).